The lowest BCUT2D eigenvalue weighted by molar-refractivity contribution is -0.0203. The SMILES string of the molecule is CC(C)OC[C@@H](O)CN1CCCC[C@H]1CCO. The predicted octanol–water partition coefficient (Wildman–Crippen LogP) is 1.01. The van der Waals surface area contributed by atoms with Gasteiger partial charge < -0.3 is 14.9 Å². The monoisotopic (exact) mass is 245 g/mol. The summed E-state index contributed by atoms with van der Waals surface area (Å²) in [7, 11) is 0. The standard InChI is InChI=1S/C13H27NO3/c1-11(2)17-10-13(16)9-14-7-4-3-5-12(14)6-8-15/h11-13,15-16H,3-10H2,1-2H3/t12-,13-/m0/s1. The summed E-state index contributed by atoms with van der Waals surface area (Å²) in [6, 6.07) is 0.433. The van der Waals surface area contributed by atoms with Crippen LogP contribution in [-0.2, 0) is 4.74 Å². The van der Waals surface area contributed by atoms with E-state index in [1.54, 1.807) is 0 Å². The number of piperidine rings is 1. The Labute approximate surface area is 105 Å². The van der Waals surface area contributed by atoms with Gasteiger partial charge in [0, 0.05) is 19.2 Å². The quantitative estimate of drug-likeness (QED) is 0.703. The van der Waals surface area contributed by atoms with Gasteiger partial charge >= 0.3 is 0 Å². The van der Waals surface area contributed by atoms with Crippen molar-refractivity contribution < 1.29 is 14.9 Å². The van der Waals surface area contributed by atoms with Gasteiger partial charge in [-0.1, -0.05) is 6.42 Å². The Morgan fingerprint density at radius 2 is 2.12 bits per heavy atom. The Kier molecular flexibility index (Phi) is 7.04. The van der Waals surface area contributed by atoms with Gasteiger partial charge in [-0.2, -0.15) is 0 Å². The number of ether oxygens (including phenoxy) is 1. The molecule has 0 amide bonds. The van der Waals surface area contributed by atoms with Crippen molar-refractivity contribution in [2.24, 2.45) is 0 Å². The van der Waals surface area contributed by atoms with E-state index in [-0.39, 0.29) is 12.7 Å². The van der Waals surface area contributed by atoms with Crippen molar-refractivity contribution in [3.05, 3.63) is 0 Å². The zero-order valence-corrected chi connectivity index (χ0v) is 11.1. The van der Waals surface area contributed by atoms with E-state index in [2.05, 4.69) is 4.90 Å². The fourth-order valence-electron chi connectivity index (χ4n) is 2.40. The molecule has 1 rings (SSSR count). The maximum absolute atomic E-state index is 9.91. The first-order valence-electron chi connectivity index (χ1n) is 6.78. The lowest BCUT2D eigenvalue weighted by Gasteiger charge is -2.36. The Bertz CT molecular complexity index is 197. The molecule has 17 heavy (non-hydrogen) atoms. The van der Waals surface area contributed by atoms with Crippen molar-refractivity contribution in [2.75, 3.05) is 26.3 Å². The maximum Gasteiger partial charge on any atom is 0.0900 e. The van der Waals surface area contributed by atoms with Crippen LogP contribution in [0.25, 0.3) is 0 Å². The molecule has 102 valence electrons. The number of β-amino-alcohol motifs (C(OH)–C–C–N with tert-alkyl or cyclic N) is 1. The molecule has 1 aliphatic rings. The summed E-state index contributed by atoms with van der Waals surface area (Å²) >= 11 is 0. The van der Waals surface area contributed by atoms with Gasteiger partial charge in [-0.15, -0.1) is 0 Å². The summed E-state index contributed by atoms with van der Waals surface area (Å²) in [5.74, 6) is 0. The molecular weight excluding hydrogens is 218 g/mol. The van der Waals surface area contributed by atoms with E-state index in [4.69, 9.17) is 9.84 Å². The normalized spacial score (nSPS) is 24.2. The third-order valence-electron chi connectivity index (χ3n) is 3.28. The smallest absolute Gasteiger partial charge is 0.0900 e. The lowest BCUT2D eigenvalue weighted by Crippen LogP contribution is -2.45. The second kappa shape index (κ2) is 8.03. The molecular formula is C13H27NO3. The molecule has 0 aromatic rings. The van der Waals surface area contributed by atoms with E-state index in [1.807, 2.05) is 13.8 Å². The third kappa shape index (κ3) is 5.82. The molecule has 0 spiro atoms. The van der Waals surface area contributed by atoms with Crippen LogP contribution in [0.1, 0.15) is 39.5 Å². The van der Waals surface area contributed by atoms with E-state index in [9.17, 15) is 5.11 Å². The van der Waals surface area contributed by atoms with Crippen molar-refractivity contribution in [1.82, 2.24) is 4.90 Å². The molecule has 0 aromatic carbocycles. The average molecular weight is 245 g/mol. The van der Waals surface area contributed by atoms with Crippen LogP contribution in [0.5, 0.6) is 0 Å². The van der Waals surface area contributed by atoms with Gasteiger partial charge in [0.2, 0.25) is 0 Å². The van der Waals surface area contributed by atoms with E-state index in [0.717, 1.165) is 19.4 Å². The highest BCUT2D eigenvalue weighted by Gasteiger charge is 2.23. The summed E-state index contributed by atoms with van der Waals surface area (Å²) in [6.45, 7) is 6.28. The molecule has 2 N–H and O–H groups in total. The lowest BCUT2D eigenvalue weighted by atomic mass is 9.99. The zero-order chi connectivity index (χ0) is 12.7. The van der Waals surface area contributed by atoms with Crippen LogP contribution in [0.4, 0.5) is 0 Å². The second-order valence-electron chi connectivity index (χ2n) is 5.19. The largest absolute Gasteiger partial charge is 0.396 e. The first kappa shape index (κ1) is 14.9. The summed E-state index contributed by atoms with van der Waals surface area (Å²) in [5, 5.41) is 18.9. The molecule has 1 fully saturated rings. The topological polar surface area (TPSA) is 52.9 Å². The van der Waals surface area contributed by atoms with Gasteiger partial charge in [-0.3, -0.25) is 4.90 Å². The first-order valence-corrected chi connectivity index (χ1v) is 6.78. The van der Waals surface area contributed by atoms with Gasteiger partial charge in [0.1, 0.15) is 0 Å². The molecule has 1 heterocycles. The van der Waals surface area contributed by atoms with Crippen molar-refractivity contribution in [1.29, 1.82) is 0 Å². The van der Waals surface area contributed by atoms with E-state index < -0.39 is 6.10 Å². The Morgan fingerprint density at radius 1 is 1.35 bits per heavy atom. The second-order valence-corrected chi connectivity index (χ2v) is 5.19. The van der Waals surface area contributed by atoms with Gasteiger partial charge in [-0.25, -0.2) is 0 Å². The Balaban J connectivity index is 2.30. The highest BCUT2D eigenvalue weighted by atomic mass is 16.5. The number of aliphatic hydroxyl groups is 2. The number of nitrogens with zero attached hydrogens (tertiary/aromatic N) is 1. The molecule has 0 aliphatic carbocycles. The van der Waals surface area contributed by atoms with Gasteiger partial charge in [0.05, 0.1) is 18.8 Å². The van der Waals surface area contributed by atoms with Crippen molar-refractivity contribution in [3.63, 3.8) is 0 Å². The minimum Gasteiger partial charge on any atom is -0.396 e. The molecule has 0 bridgehead atoms. The average Bonchev–Trinajstić information content (AvgIpc) is 2.29. The molecule has 0 saturated carbocycles. The van der Waals surface area contributed by atoms with Crippen LogP contribution in [-0.4, -0.2) is 59.7 Å². The van der Waals surface area contributed by atoms with Crippen LogP contribution >= 0.6 is 0 Å². The Morgan fingerprint density at radius 3 is 2.76 bits per heavy atom. The molecule has 4 nitrogen and oxygen atoms in total. The van der Waals surface area contributed by atoms with E-state index in [0.29, 0.717) is 19.2 Å². The van der Waals surface area contributed by atoms with Crippen LogP contribution < -0.4 is 0 Å². The van der Waals surface area contributed by atoms with Crippen LogP contribution in [0.3, 0.4) is 0 Å². The number of hydrogen-bond acceptors (Lipinski definition) is 4. The minimum absolute atomic E-state index is 0.166. The number of likely N-dealkylation sites (tertiary alicyclic amines) is 1. The molecule has 1 saturated heterocycles. The molecule has 0 aromatic heterocycles. The maximum atomic E-state index is 9.91. The summed E-state index contributed by atoms with van der Waals surface area (Å²) in [6.07, 6.45) is 4.13. The molecule has 1 aliphatic heterocycles. The molecule has 2 atom stereocenters. The third-order valence-corrected chi connectivity index (χ3v) is 3.28. The van der Waals surface area contributed by atoms with Crippen molar-refractivity contribution >= 4 is 0 Å². The molecule has 4 heteroatoms. The van der Waals surface area contributed by atoms with Crippen LogP contribution in [0.15, 0.2) is 0 Å². The number of aliphatic hydroxyl groups excluding tert-OH is 2. The molecule has 0 unspecified atom stereocenters. The Hall–Kier alpha value is -0.160. The summed E-state index contributed by atoms with van der Waals surface area (Å²) < 4.78 is 5.41. The fraction of sp³-hybridized carbons (Fsp3) is 1.00. The van der Waals surface area contributed by atoms with Crippen molar-refractivity contribution in [3.8, 4) is 0 Å². The fourth-order valence-corrected chi connectivity index (χ4v) is 2.40. The van der Waals surface area contributed by atoms with Gasteiger partial charge in [-0.05, 0) is 39.7 Å². The highest BCUT2D eigenvalue weighted by Crippen LogP contribution is 2.19. The summed E-state index contributed by atoms with van der Waals surface area (Å²) in [4.78, 5) is 2.30. The van der Waals surface area contributed by atoms with E-state index >= 15 is 0 Å². The first-order chi connectivity index (χ1) is 8.13. The highest BCUT2D eigenvalue weighted by molar-refractivity contribution is 4.78. The molecule has 0 radical (unpaired) electrons. The summed E-state index contributed by atoms with van der Waals surface area (Å²) in [5.41, 5.74) is 0. The van der Waals surface area contributed by atoms with Gasteiger partial charge in [0.15, 0.2) is 0 Å². The van der Waals surface area contributed by atoms with Crippen molar-refractivity contribution in [2.45, 2.75) is 57.8 Å². The number of rotatable bonds is 7. The minimum atomic E-state index is -0.420. The zero-order valence-electron chi connectivity index (χ0n) is 11.1. The number of hydrogen-bond donors (Lipinski definition) is 2. The predicted molar refractivity (Wildman–Crippen MR) is 68.0 cm³/mol. The van der Waals surface area contributed by atoms with E-state index in [1.165, 1.54) is 12.8 Å². The van der Waals surface area contributed by atoms with Crippen LogP contribution in [0, 0.1) is 0 Å². The van der Waals surface area contributed by atoms with Gasteiger partial charge in [0.25, 0.3) is 0 Å². The van der Waals surface area contributed by atoms with Crippen LogP contribution in [0.2, 0.25) is 0 Å².